The number of nitrogens with two attached hydrogens (primary N) is 1. The molecule has 0 spiro atoms. The Balaban J connectivity index is 1.39. The summed E-state index contributed by atoms with van der Waals surface area (Å²) in [5.74, 6) is -1.63. The molecule has 0 saturated carbocycles. The molecule has 10 nitrogen and oxygen atoms in total. The summed E-state index contributed by atoms with van der Waals surface area (Å²) >= 11 is 6.05. The highest BCUT2D eigenvalue weighted by molar-refractivity contribution is 7.89. The van der Waals surface area contributed by atoms with Crippen LogP contribution in [0.1, 0.15) is 37.8 Å². The third kappa shape index (κ3) is 5.28. The first-order valence-corrected chi connectivity index (χ1v) is 14.9. The minimum absolute atomic E-state index is 0.0738. The molecule has 1 aromatic heterocycles. The Kier molecular flexibility index (Phi) is 7.80. The van der Waals surface area contributed by atoms with E-state index in [4.69, 9.17) is 17.3 Å². The summed E-state index contributed by atoms with van der Waals surface area (Å²) in [4.78, 5) is 46.5. The normalized spacial score (nSPS) is 20.4. The molecule has 12 heteroatoms. The Morgan fingerprint density at radius 3 is 2.60 bits per heavy atom. The quantitative estimate of drug-likeness (QED) is 0.433. The van der Waals surface area contributed by atoms with Gasteiger partial charge in [-0.3, -0.25) is 19.4 Å². The minimum atomic E-state index is -4.29. The number of sulfonamides is 1. The highest BCUT2D eigenvalue weighted by Crippen LogP contribution is 2.34. The number of carbonyl (C=O) groups excluding carboxylic acids is 3. The average molecular weight is 584 g/mol. The number of hydrogen-bond acceptors (Lipinski definition) is 6. The molecule has 40 heavy (non-hydrogen) atoms. The van der Waals surface area contributed by atoms with Gasteiger partial charge in [-0.25, -0.2) is 8.42 Å². The Labute approximate surface area is 237 Å². The standard InChI is InChI=1S/C28H30ClN5O5S/c1-18(27(36)33-12-3-5-24(33)21-4-2-11-31-16-21)32-13-10-25(28(32)37)34(17-26(30)35)40(38,39)23-9-7-19-14-22(29)8-6-20(19)15-23/h2,4,6-9,11,14-16,18,24-25H,3,5,10,12-13,17H2,1H3,(H2,30,35)/t18?,24?,25-/m0/s1. The smallest absolute Gasteiger partial charge is 0.245 e. The Morgan fingerprint density at radius 1 is 1.12 bits per heavy atom. The van der Waals surface area contributed by atoms with Crippen LogP contribution in [0.3, 0.4) is 0 Å². The molecule has 2 aromatic carbocycles. The van der Waals surface area contributed by atoms with Gasteiger partial charge in [0.15, 0.2) is 0 Å². The lowest BCUT2D eigenvalue weighted by atomic mass is 10.1. The molecule has 2 aliphatic heterocycles. The van der Waals surface area contributed by atoms with E-state index in [2.05, 4.69) is 4.98 Å². The second kappa shape index (κ2) is 11.1. The van der Waals surface area contributed by atoms with E-state index >= 15 is 0 Å². The van der Waals surface area contributed by atoms with E-state index in [0.29, 0.717) is 17.0 Å². The van der Waals surface area contributed by atoms with E-state index in [1.165, 1.54) is 17.0 Å². The first-order chi connectivity index (χ1) is 19.1. The van der Waals surface area contributed by atoms with E-state index in [1.54, 1.807) is 48.5 Å². The molecule has 0 bridgehead atoms. The Morgan fingerprint density at radius 2 is 1.88 bits per heavy atom. The van der Waals surface area contributed by atoms with Gasteiger partial charge in [-0.15, -0.1) is 0 Å². The van der Waals surface area contributed by atoms with Gasteiger partial charge in [0.2, 0.25) is 27.7 Å². The molecule has 3 heterocycles. The van der Waals surface area contributed by atoms with Gasteiger partial charge in [-0.2, -0.15) is 4.31 Å². The van der Waals surface area contributed by atoms with E-state index in [1.807, 2.05) is 12.1 Å². The van der Waals surface area contributed by atoms with Crippen molar-refractivity contribution in [3.63, 3.8) is 0 Å². The van der Waals surface area contributed by atoms with E-state index in [9.17, 15) is 22.8 Å². The summed E-state index contributed by atoms with van der Waals surface area (Å²) in [5.41, 5.74) is 6.37. The maximum Gasteiger partial charge on any atom is 0.245 e. The topological polar surface area (TPSA) is 134 Å². The number of primary amides is 1. The molecular formula is C28H30ClN5O5S. The lowest BCUT2D eigenvalue weighted by Gasteiger charge is -2.32. The van der Waals surface area contributed by atoms with Gasteiger partial charge < -0.3 is 15.5 Å². The molecular weight excluding hydrogens is 554 g/mol. The summed E-state index contributed by atoms with van der Waals surface area (Å²) in [7, 11) is -4.29. The van der Waals surface area contributed by atoms with Gasteiger partial charge in [0.1, 0.15) is 12.1 Å². The molecule has 3 amide bonds. The van der Waals surface area contributed by atoms with Gasteiger partial charge in [0.25, 0.3) is 0 Å². The van der Waals surface area contributed by atoms with Crippen molar-refractivity contribution in [3.8, 4) is 0 Å². The molecule has 2 aliphatic rings. The molecule has 210 valence electrons. The van der Waals surface area contributed by atoms with Crippen molar-refractivity contribution < 1.29 is 22.8 Å². The summed E-state index contributed by atoms with van der Waals surface area (Å²) in [6.07, 6.45) is 5.17. The molecule has 2 saturated heterocycles. The monoisotopic (exact) mass is 583 g/mol. The summed E-state index contributed by atoms with van der Waals surface area (Å²) in [6.45, 7) is 1.72. The van der Waals surface area contributed by atoms with Gasteiger partial charge in [-0.05, 0) is 72.9 Å². The second-order valence-electron chi connectivity index (χ2n) is 10.2. The molecule has 3 aromatic rings. The number of nitrogens with zero attached hydrogens (tertiary/aromatic N) is 4. The van der Waals surface area contributed by atoms with Crippen LogP contribution in [0.25, 0.3) is 10.8 Å². The fraction of sp³-hybridized carbons (Fsp3) is 0.357. The first kappa shape index (κ1) is 28.0. The number of hydrogen-bond donors (Lipinski definition) is 1. The highest BCUT2D eigenvalue weighted by atomic mass is 35.5. The zero-order valence-electron chi connectivity index (χ0n) is 21.9. The van der Waals surface area contributed by atoms with Crippen LogP contribution in [0.4, 0.5) is 0 Å². The van der Waals surface area contributed by atoms with Crippen molar-refractivity contribution in [2.75, 3.05) is 19.6 Å². The van der Waals surface area contributed by atoms with E-state index < -0.39 is 40.5 Å². The highest BCUT2D eigenvalue weighted by Gasteiger charge is 2.46. The maximum atomic E-state index is 13.8. The van der Waals surface area contributed by atoms with Crippen LogP contribution in [-0.4, -0.2) is 76.9 Å². The second-order valence-corrected chi connectivity index (χ2v) is 12.5. The van der Waals surface area contributed by atoms with Crippen LogP contribution < -0.4 is 5.73 Å². The molecule has 2 N–H and O–H groups in total. The van der Waals surface area contributed by atoms with Gasteiger partial charge in [0.05, 0.1) is 17.5 Å². The Bertz CT molecular complexity index is 1570. The van der Waals surface area contributed by atoms with Crippen LogP contribution in [0, 0.1) is 0 Å². The summed E-state index contributed by atoms with van der Waals surface area (Å²) in [6, 6.07) is 11.2. The molecule has 0 aliphatic carbocycles. The molecule has 5 rings (SSSR count). The number of rotatable bonds is 8. The Hall–Kier alpha value is -3.54. The van der Waals surface area contributed by atoms with Crippen molar-refractivity contribution in [2.45, 2.75) is 49.2 Å². The fourth-order valence-electron chi connectivity index (χ4n) is 5.67. The van der Waals surface area contributed by atoms with Crippen LogP contribution >= 0.6 is 11.6 Å². The third-order valence-corrected chi connectivity index (χ3v) is 9.77. The molecule has 0 radical (unpaired) electrons. The molecule has 2 fully saturated rings. The van der Waals surface area contributed by atoms with Gasteiger partial charge in [0, 0.05) is 30.5 Å². The van der Waals surface area contributed by atoms with Crippen LogP contribution in [-0.2, 0) is 24.4 Å². The van der Waals surface area contributed by atoms with Crippen molar-refractivity contribution in [1.29, 1.82) is 0 Å². The molecule has 2 unspecified atom stereocenters. The lowest BCUT2D eigenvalue weighted by molar-refractivity contribution is -0.144. The average Bonchev–Trinajstić information content (AvgIpc) is 3.58. The zero-order valence-corrected chi connectivity index (χ0v) is 23.5. The van der Waals surface area contributed by atoms with Crippen LogP contribution in [0.5, 0.6) is 0 Å². The number of pyridine rings is 1. The third-order valence-electron chi connectivity index (χ3n) is 7.68. The minimum Gasteiger partial charge on any atom is -0.369 e. The van der Waals surface area contributed by atoms with Crippen molar-refractivity contribution in [1.82, 2.24) is 19.1 Å². The number of likely N-dealkylation sites (tertiary alicyclic amines) is 2. The van der Waals surface area contributed by atoms with E-state index in [0.717, 1.165) is 28.1 Å². The van der Waals surface area contributed by atoms with E-state index in [-0.39, 0.29) is 29.8 Å². The van der Waals surface area contributed by atoms with Crippen molar-refractivity contribution in [2.24, 2.45) is 5.73 Å². The van der Waals surface area contributed by atoms with Crippen molar-refractivity contribution >= 4 is 50.1 Å². The SMILES string of the molecule is CC(C(=O)N1CCCC1c1cccnc1)N1CC[C@H](N(CC(N)=O)S(=O)(=O)c2ccc3cc(Cl)ccc3c2)C1=O. The molecule has 3 atom stereocenters. The zero-order chi connectivity index (χ0) is 28.6. The largest absolute Gasteiger partial charge is 0.369 e. The summed E-state index contributed by atoms with van der Waals surface area (Å²) in [5, 5.41) is 1.89. The maximum absolute atomic E-state index is 13.8. The predicted molar refractivity (Wildman–Crippen MR) is 150 cm³/mol. The number of fused-ring (bicyclic) bond motifs is 1. The number of halogens is 1. The number of benzene rings is 2. The van der Waals surface area contributed by atoms with Crippen LogP contribution in [0.2, 0.25) is 5.02 Å². The van der Waals surface area contributed by atoms with Gasteiger partial charge in [-0.1, -0.05) is 29.8 Å². The first-order valence-electron chi connectivity index (χ1n) is 13.1. The lowest BCUT2D eigenvalue weighted by Crippen LogP contribution is -2.52. The van der Waals surface area contributed by atoms with Gasteiger partial charge >= 0.3 is 0 Å². The summed E-state index contributed by atoms with van der Waals surface area (Å²) < 4.78 is 28.4. The van der Waals surface area contributed by atoms with Crippen molar-refractivity contribution in [3.05, 3.63) is 71.5 Å². The number of aromatic nitrogens is 1. The predicted octanol–water partition coefficient (Wildman–Crippen LogP) is 2.72. The van der Waals surface area contributed by atoms with Crippen LogP contribution in [0.15, 0.2) is 65.8 Å². The fourth-order valence-corrected chi connectivity index (χ4v) is 7.46. The number of carbonyl (C=O) groups is 3. The number of amides is 3.